The summed E-state index contributed by atoms with van der Waals surface area (Å²) in [4.78, 5) is 7.08. The van der Waals surface area contributed by atoms with Crippen molar-refractivity contribution in [2.75, 3.05) is 19.6 Å². The van der Waals surface area contributed by atoms with Gasteiger partial charge in [-0.15, -0.1) is 0 Å². The Balaban J connectivity index is 2.01. The molecule has 0 aliphatic carbocycles. The van der Waals surface area contributed by atoms with Gasteiger partial charge in [0, 0.05) is 23.6 Å². The molecule has 2 rings (SSSR count). The van der Waals surface area contributed by atoms with Crippen LogP contribution in [0.4, 0.5) is 0 Å². The molecule has 0 fully saturated rings. The molecule has 5 nitrogen and oxygen atoms in total. The van der Waals surface area contributed by atoms with Crippen LogP contribution in [0.2, 0.25) is 0 Å². The Bertz CT molecular complexity index is 428. The summed E-state index contributed by atoms with van der Waals surface area (Å²) < 4.78 is 0. The molecule has 0 spiro atoms. The van der Waals surface area contributed by atoms with Gasteiger partial charge < -0.3 is 5.32 Å². The van der Waals surface area contributed by atoms with Gasteiger partial charge in [-0.05, 0) is 17.5 Å². The van der Waals surface area contributed by atoms with E-state index in [0.717, 1.165) is 30.9 Å². The number of hydrogen-bond acceptors (Lipinski definition) is 3. The van der Waals surface area contributed by atoms with E-state index in [9.17, 15) is 0 Å². The summed E-state index contributed by atoms with van der Waals surface area (Å²) >= 11 is 0. The van der Waals surface area contributed by atoms with Crippen LogP contribution < -0.4 is 5.32 Å². The first-order valence-corrected chi connectivity index (χ1v) is 5.28. The van der Waals surface area contributed by atoms with E-state index in [-0.39, 0.29) is 0 Å². The van der Waals surface area contributed by atoms with Crippen LogP contribution in [0.5, 0.6) is 0 Å². The van der Waals surface area contributed by atoms with Gasteiger partial charge in [0.15, 0.2) is 0 Å². The SMILES string of the molecule is [N-]=[N+]=NCCc1ccc(C2=NCCN2)cc1. The lowest BCUT2D eigenvalue weighted by Gasteiger charge is -2.03. The van der Waals surface area contributed by atoms with E-state index in [4.69, 9.17) is 5.53 Å². The molecule has 1 aliphatic heterocycles. The highest BCUT2D eigenvalue weighted by molar-refractivity contribution is 5.99. The Morgan fingerprint density at radius 3 is 2.81 bits per heavy atom. The van der Waals surface area contributed by atoms with Gasteiger partial charge in [-0.1, -0.05) is 29.4 Å². The number of nitrogens with one attached hydrogen (secondary N) is 1. The maximum absolute atomic E-state index is 8.17. The molecule has 5 heteroatoms. The van der Waals surface area contributed by atoms with Crippen LogP contribution in [0.15, 0.2) is 34.4 Å². The molecule has 0 bridgehead atoms. The average molecular weight is 215 g/mol. The topological polar surface area (TPSA) is 73.2 Å². The number of azide groups is 1. The first-order chi connectivity index (χ1) is 7.90. The number of benzene rings is 1. The first kappa shape index (κ1) is 10.5. The lowest BCUT2D eigenvalue weighted by molar-refractivity contribution is 0.954. The van der Waals surface area contributed by atoms with Crippen LogP contribution in [0, 0.1) is 0 Å². The van der Waals surface area contributed by atoms with Crippen molar-refractivity contribution < 1.29 is 0 Å². The van der Waals surface area contributed by atoms with E-state index < -0.39 is 0 Å². The zero-order valence-electron chi connectivity index (χ0n) is 8.93. The zero-order valence-corrected chi connectivity index (χ0v) is 8.93. The fraction of sp³-hybridized carbons (Fsp3) is 0.364. The highest BCUT2D eigenvalue weighted by Crippen LogP contribution is 2.07. The summed E-state index contributed by atoms with van der Waals surface area (Å²) in [6, 6.07) is 8.18. The summed E-state index contributed by atoms with van der Waals surface area (Å²) in [6.45, 7) is 2.29. The Morgan fingerprint density at radius 1 is 1.38 bits per heavy atom. The van der Waals surface area contributed by atoms with Crippen molar-refractivity contribution >= 4 is 5.84 Å². The highest BCUT2D eigenvalue weighted by atomic mass is 15.1. The minimum atomic E-state index is 0.509. The first-order valence-electron chi connectivity index (χ1n) is 5.28. The summed E-state index contributed by atoms with van der Waals surface area (Å²) in [5, 5.41) is 6.74. The smallest absolute Gasteiger partial charge is 0.128 e. The van der Waals surface area contributed by atoms with Gasteiger partial charge in [-0.25, -0.2) is 0 Å². The molecule has 1 heterocycles. The van der Waals surface area contributed by atoms with Crippen LogP contribution in [-0.2, 0) is 6.42 Å². The number of nitrogens with zero attached hydrogens (tertiary/aromatic N) is 4. The third-order valence-corrected chi connectivity index (χ3v) is 2.47. The normalized spacial score (nSPS) is 13.9. The van der Waals surface area contributed by atoms with E-state index in [1.807, 2.05) is 24.3 Å². The van der Waals surface area contributed by atoms with Gasteiger partial charge in [0.25, 0.3) is 0 Å². The monoisotopic (exact) mass is 215 g/mol. The third kappa shape index (κ3) is 2.52. The second kappa shape index (κ2) is 5.19. The largest absolute Gasteiger partial charge is 0.368 e. The Morgan fingerprint density at radius 2 is 2.19 bits per heavy atom. The fourth-order valence-corrected chi connectivity index (χ4v) is 1.64. The number of aliphatic imine (C=N–C) groups is 1. The summed E-state index contributed by atoms with van der Waals surface area (Å²) in [5.41, 5.74) is 10.5. The minimum Gasteiger partial charge on any atom is -0.368 e. The lowest BCUT2D eigenvalue weighted by Crippen LogP contribution is -2.19. The second-order valence-corrected chi connectivity index (χ2v) is 3.56. The summed E-state index contributed by atoms with van der Waals surface area (Å²) in [7, 11) is 0. The van der Waals surface area contributed by atoms with Gasteiger partial charge in [0.1, 0.15) is 5.84 Å². The molecule has 0 saturated carbocycles. The van der Waals surface area contributed by atoms with E-state index >= 15 is 0 Å². The van der Waals surface area contributed by atoms with Gasteiger partial charge in [0.2, 0.25) is 0 Å². The van der Waals surface area contributed by atoms with Crippen LogP contribution >= 0.6 is 0 Å². The average Bonchev–Trinajstić information content (AvgIpc) is 2.84. The highest BCUT2D eigenvalue weighted by Gasteiger charge is 2.06. The predicted molar refractivity (Wildman–Crippen MR) is 63.6 cm³/mol. The van der Waals surface area contributed by atoms with Crippen molar-refractivity contribution in [3.8, 4) is 0 Å². The minimum absolute atomic E-state index is 0.509. The lowest BCUT2D eigenvalue weighted by atomic mass is 10.1. The maximum atomic E-state index is 8.17. The Kier molecular flexibility index (Phi) is 3.41. The van der Waals surface area contributed by atoms with Crippen LogP contribution in [-0.4, -0.2) is 25.5 Å². The van der Waals surface area contributed by atoms with Gasteiger partial charge >= 0.3 is 0 Å². The van der Waals surface area contributed by atoms with Crippen LogP contribution in [0.1, 0.15) is 11.1 Å². The summed E-state index contributed by atoms with van der Waals surface area (Å²) in [5.74, 6) is 0.974. The molecule has 0 saturated heterocycles. The van der Waals surface area contributed by atoms with Crippen molar-refractivity contribution in [3.63, 3.8) is 0 Å². The summed E-state index contributed by atoms with van der Waals surface area (Å²) in [6.07, 6.45) is 0.782. The van der Waals surface area contributed by atoms with Crippen molar-refractivity contribution in [1.82, 2.24) is 5.32 Å². The molecule has 1 N–H and O–H groups in total. The van der Waals surface area contributed by atoms with Gasteiger partial charge in [-0.2, -0.15) is 0 Å². The van der Waals surface area contributed by atoms with E-state index in [1.54, 1.807) is 0 Å². The second-order valence-electron chi connectivity index (χ2n) is 3.56. The van der Waals surface area contributed by atoms with Gasteiger partial charge in [-0.3, -0.25) is 4.99 Å². The molecule has 0 amide bonds. The van der Waals surface area contributed by atoms with Crippen LogP contribution in [0.25, 0.3) is 10.4 Å². The molecule has 82 valence electrons. The van der Waals surface area contributed by atoms with Crippen molar-refractivity contribution in [1.29, 1.82) is 0 Å². The van der Waals surface area contributed by atoms with E-state index in [0.29, 0.717) is 6.54 Å². The Labute approximate surface area is 93.8 Å². The molecule has 16 heavy (non-hydrogen) atoms. The number of hydrogen-bond donors (Lipinski definition) is 1. The van der Waals surface area contributed by atoms with Crippen LogP contribution in [0.3, 0.4) is 0 Å². The van der Waals surface area contributed by atoms with Crippen molar-refractivity contribution in [2.24, 2.45) is 10.1 Å². The van der Waals surface area contributed by atoms with E-state index in [2.05, 4.69) is 20.3 Å². The number of rotatable bonds is 4. The molecular weight excluding hydrogens is 202 g/mol. The quantitative estimate of drug-likeness (QED) is 0.465. The molecule has 0 radical (unpaired) electrons. The molecular formula is C11H13N5. The number of amidine groups is 1. The molecule has 0 atom stereocenters. The molecule has 1 aromatic rings. The van der Waals surface area contributed by atoms with Gasteiger partial charge in [0.05, 0.1) is 6.54 Å². The fourth-order valence-electron chi connectivity index (χ4n) is 1.64. The van der Waals surface area contributed by atoms with Crippen molar-refractivity contribution in [3.05, 3.63) is 45.8 Å². The maximum Gasteiger partial charge on any atom is 0.128 e. The molecule has 1 aliphatic rings. The zero-order chi connectivity index (χ0) is 11.2. The molecule has 0 unspecified atom stereocenters. The molecule has 0 aromatic heterocycles. The van der Waals surface area contributed by atoms with Crippen molar-refractivity contribution in [2.45, 2.75) is 6.42 Å². The third-order valence-electron chi connectivity index (χ3n) is 2.47. The molecule has 1 aromatic carbocycles. The standard InChI is InChI=1S/C11H13N5/c12-16-15-6-5-9-1-3-10(4-2-9)11-13-7-8-14-11/h1-4H,5-8H2,(H,13,14). The Hall–Kier alpha value is -2.00. The predicted octanol–water partition coefficient (Wildman–Crippen LogP) is 1.89. The van der Waals surface area contributed by atoms with E-state index in [1.165, 1.54) is 5.56 Å².